The average molecular weight is 668 g/mol. The lowest BCUT2D eigenvalue weighted by atomic mass is 9.70. The van der Waals surface area contributed by atoms with Crippen molar-refractivity contribution in [3.8, 4) is 0 Å². The van der Waals surface area contributed by atoms with Gasteiger partial charge in [0, 0.05) is 17.5 Å². The van der Waals surface area contributed by atoms with Crippen molar-refractivity contribution in [2.75, 3.05) is 6.54 Å². The molecule has 5 rings (SSSR count). The van der Waals surface area contributed by atoms with Gasteiger partial charge in [-0.05, 0) is 80.3 Å². The Morgan fingerprint density at radius 1 is 0.889 bits per heavy atom. The molecule has 1 amide bonds. The molecule has 1 saturated heterocycles. The van der Waals surface area contributed by atoms with Gasteiger partial charge in [-0.25, -0.2) is 17.2 Å². The maximum absolute atomic E-state index is 15.0. The van der Waals surface area contributed by atoms with Crippen molar-refractivity contribution in [1.82, 2.24) is 4.90 Å². The number of nitrogens with zero attached hydrogens (tertiary/aromatic N) is 1. The van der Waals surface area contributed by atoms with Crippen molar-refractivity contribution in [3.05, 3.63) is 65.0 Å². The van der Waals surface area contributed by atoms with Crippen molar-refractivity contribution in [1.29, 1.82) is 0 Å². The number of aryl methyl sites for hydroxylation is 1. The number of amides is 1. The third-order valence-electron chi connectivity index (χ3n) is 9.88. The molecule has 1 N–H and O–H groups in total. The van der Waals surface area contributed by atoms with Gasteiger partial charge in [-0.1, -0.05) is 25.1 Å². The Hall–Kier alpha value is -3.23. The van der Waals surface area contributed by atoms with Crippen molar-refractivity contribution in [2.24, 2.45) is 11.3 Å². The number of carbonyl (C=O) groups is 2. The number of benzene rings is 2. The lowest BCUT2D eigenvalue weighted by Crippen LogP contribution is -2.55. The Kier molecular flexibility index (Phi) is 7.85. The second-order valence-electron chi connectivity index (χ2n) is 12.3. The molecule has 2 aliphatic carbocycles. The van der Waals surface area contributed by atoms with E-state index < -0.39 is 73.2 Å². The topological polar surface area (TPSA) is 91.8 Å². The molecule has 2 aromatic rings. The van der Waals surface area contributed by atoms with E-state index in [1.54, 1.807) is 6.92 Å². The fraction of sp³-hybridized carbons (Fsp3) is 0.533. The quantitative estimate of drug-likeness (QED) is 0.286. The number of carboxylic acids is 1. The van der Waals surface area contributed by atoms with Crippen molar-refractivity contribution < 1.29 is 58.2 Å². The molecule has 0 aromatic heterocycles. The summed E-state index contributed by atoms with van der Waals surface area (Å²) >= 11 is 0. The van der Waals surface area contributed by atoms with E-state index in [-0.39, 0.29) is 73.6 Å². The van der Waals surface area contributed by atoms with Gasteiger partial charge in [0.05, 0.1) is 16.9 Å². The Morgan fingerprint density at radius 3 is 2.00 bits per heavy atom. The van der Waals surface area contributed by atoms with E-state index >= 15 is 4.39 Å². The maximum Gasteiger partial charge on any atom is 0.435 e. The van der Waals surface area contributed by atoms with Crippen LogP contribution in [0.15, 0.2) is 47.4 Å². The number of alkyl halides is 7. The molecular formula is C30H29F8NO5S. The highest BCUT2D eigenvalue weighted by Crippen LogP contribution is 2.57. The molecule has 1 saturated carbocycles. The largest absolute Gasteiger partial charge is 0.481 e. The van der Waals surface area contributed by atoms with Crippen LogP contribution in [0.25, 0.3) is 0 Å². The van der Waals surface area contributed by atoms with Gasteiger partial charge in [0.2, 0.25) is 5.91 Å². The van der Waals surface area contributed by atoms with Crippen LogP contribution in [0.3, 0.4) is 0 Å². The first-order valence-electron chi connectivity index (χ1n) is 14.2. The van der Waals surface area contributed by atoms with E-state index in [0.717, 1.165) is 30.3 Å². The zero-order chi connectivity index (χ0) is 33.4. The van der Waals surface area contributed by atoms with E-state index in [9.17, 15) is 53.8 Å². The molecular weight excluding hydrogens is 638 g/mol. The predicted molar refractivity (Wildman–Crippen MR) is 143 cm³/mol. The van der Waals surface area contributed by atoms with Gasteiger partial charge in [-0.2, -0.15) is 26.3 Å². The number of fused-ring (bicyclic) bond motifs is 3. The van der Waals surface area contributed by atoms with Gasteiger partial charge in [0.1, 0.15) is 10.6 Å². The zero-order valence-electron chi connectivity index (χ0n) is 23.8. The lowest BCUT2D eigenvalue weighted by Gasteiger charge is -2.45. The van der Waals surface area contributed by atoms with E-state index in [1.807, 2.05) is 0 Å². The number of carbonyl (C=O) groups excluding carboxylic acids is 1. The summed E-state index contributed by atoms with van der Waals surface area (Å²) in [5.41, 5.74) is -8.92. The molecule has 6 nitrogen and oxygen atoms in total. The molecule has 0 unspecified atom stereocenters. The van der Waals surface area contributed by atoms with Crippen LogP contribution in [-0.4, -0.2) is 55.2 Å². The summed E-state index contributed by atoms with van der Waals surface area (Å²) in [6.07, 6.45) is -12.7. The van der Waals surface area contributed by atoms with Crippen LogP contribution in [0.5, 0.6) is 0 Å². The Labute approximate surface area is 253 Å². The van der Waals surface area contributed by atoms with E-state index in [1.165, 1.54) is 4.90 Å². The number of carboxylic acid groups (broad SMARTS) is 1. The minimum Gasteiger partial charge on any atom is -0.481 e. The van der Waals surface area contributed by atoms with Crippen LogP contribution in [0.2, 0.25) is 0 Å². The number of rotatable bonds is 5. The SMILES string of the molecule is C[C@]1(C(=O)N2CC[C@]3(S(=O)(=O)c4ccc(F)cc4)c4ccc(C(F)(C(F)(F)F)C(F)(F)F)cc4CC[C@H]23)CC[C@H](C(=O)O)CC1. The van der Waals surface area contributed by atoms with Crippen LogP contribution in [0, 0.1) is 17.2 Å². The molecule has 3 aliphatic rings. The normalized spacial score (nSPS) is 27.5. The first-order valence-corrected chi connectivity index (χ1v) is 15.7. The second-order valence-corrected chi connectivity index (χ2v) is 14.6. The molecule has 2 aromatic carbocycles. The third-order valence-corrected chi connectivity index (χ3v) is 12.4. The fourth-order valence-electron chi connectivity index (χ4n) is 7.36. The Morgan fingerprint density at radius 2 is 1.47 bits per heavy atom. The number of sulfone groups is 1. The number of aliphatic carboxylic acids is 1. The second kappa shape index (κ2) is 10.7. The van der Waals surface area contributed by atoms with Crippen LogP contribution in [-0.2, 0) is 36.3 Å². The van der Waals surface area contributed by atoms with Crippen LogP contribution in [0.4, 0.5) is 35.1 Å². The molecule has 1 aliphatic heterocycles. The Balaban J connectivity index is 1.64. The molecule has 0 bridgehead atoms. The van der Waals surface area contributed by atoms with Gasteiger partial charge in [-0.15, -0.1) is 0 Å². The zero-order valence-corrected chi connectivity index (χ0v) is 24.6. The summed E-state index contributed by atoms with van der Waals surface area (Å²) < 4.78 is 137. The predicted octanol–water partition coefficient (Wildman–Crippen LogP) is 6.61. The Bertz CT molecular complexity index is 1600. The monoisotopic (exact) mass is 667 g/mol. The number of halogens is 8. The van der Waals surface area contributed by atoms with Gasteiger partial charge in [-0.3, -0.25) is 9.59 Å². The van der Waals surface area contributed by atoms with Gasteiger partial charge in [0.15, 0.2) is 9.84 Å². The maximum atomic E-state index is 15.0. The highest BCUT2D eigenvalue weighted by molar-refractivity contribution is 7.92. The molecule has 1 heterocycles. The highest BCUT2D eigenvalue weighted by atomic mass is 32.2. The minimum absolute atomic E-state index is 0.138. The number of hydrogen-bond acceptors (Lipinski definition) is 4. The minimum atomic E-state index is -6.37. The van der Waals surface area contributed by atoms with Gasteiger partial charge >= 0.3 is 24.0 Å². The van der Waals surface area contributed by atoms with Crippen molar-refractivity contribution in [3.63, 3.8) is 0 Å². The molecule has 2 atom stereocenters. The van der Waals surface area contributed by atoms with E-state index in [2.05, 4.69) is 0 Å². The van der Waals surface area contributed by atoms with Crippen molar-refractivity contribution >= 4 is 21.7 Å². The average Bonchev–Trinajstić information content (AvgIpc) is 3.37. The first-order chi connectivity index (χ1) is 20.7. The lowest BCUT2D eigenvalue weighted by molar-refractivity contribution is -0.348. The van der Waals surface area contributed by atoms with Crippen LogP contribution < -0.4 is 0 Å². The summed E-state index contributed by atoms with van der Waals surface area (Å²) in [7, 11) is -4.61. The van der Waals surface area contributed by atoms with Gasteiger partial charge < -0.3 is 10.0 Å². The first kappa shape index (κ1) is 33.1. The molecule has 0 radical (unpaired) electrons. The smallest absolute Gasteiger partial charge is 0.435 e. The molecule has 2 fully saturated rings. The standard InChI is InChI=1S/C30H29F8NO5S/c1-26(12-10-17(11-13-26)24(40)41)25(42)39-15-14-27(45(43,44)21-6-4-20(31)5-7-21)22-8-3-19(16-18(22)2-9-23(27)39)28(32,29(33,34)35)30(36,37)38/h3-8,16-17,23H,2,9-15H2,1H3,(H,40,41)/t17-,23-,26-,27-/m0/s1. The summed E-state index contributed by atoms with van der Waals surface area (Å²) in [6, 6.07) is 4.06. The summed E-state index contributed by atoms with van der Waals surface area (Å²) in [5, 5.41) is 9.38. The van der Waals surface area contributed by atoms with Crippen LogP contribution in [0.1, 0.15) is 62.1 Å². The molecule has 45 heavy (non-hydrogen) atoms. The molecule has 15 heteroatoms. The summed E-state index contributed by atoms with van der Waals surface area (Å²) in [4.78, 5) is 26.5. The number of hydrogen-bond donors (Lipinski definition) is 1. The third kappa shape index (κ3) is 4.91. The molecule has 246 valence electrons. The summed E-state index contributed by atoms with van der Waals surface area (Å²) in [5.74, 6) is -2.84. The fourth-order valence-corrected chi connectivity index (χ4v) is 9.73. The van der Waals surface area contributed by atoms with E-state index in [0.29, 0.717) is 6.07 Å². The highest BCUT2D eigenvalue weighted by Gasteiger charge is 2.74. The molecule has 0 spiro atoms. The van der Waals surface area contributed by atoms with E-state index in [4.69, 9.17) is 0 Å². The van der Waals surface area contributed by atoms with Gasteiger partial charge in [0.25, 0.3) is 0 Å². The number of likely N-dealkylation sites (tertiary alicyclic amines) is 1. The van der Waals surface area contributed by atoms with Crippen molar-refractivity contribution in [2.45, 2.75) is 85.6 Å². The van der Waals surface area contributed by atoms with Crippen LogP contribution >= 0.6 is 0 Å². The summed E-state index contributed by atoms with van der Waals surface area (Å²) in [6.45, 7) is 1.52.